The maximum absolute atomic E-state index is 5.77. The van der Waals surface area contributed by atoms with Gasteiger partial charge in [0, 0.05) is 31.9 Å². The molecule has 3 rings (SSSR count). The number of anilines is 1. The van der Waals surface area contributed by atoms with Crippen LogP contribution in [0.25, 0.3) is 0 Å². The quantitative estimate of drug-likeness (QED) is 0.925. The number of aromatic nitrogens is 2. The summed E-state index contributed by atoms with van der Waals surface area (Å²) in [5.74, 6) is 1.47. The highest BCUT2D eigenvalue weighted by atomic mass is 16.5. The van der Waals surface area contributed by atoms with Gasteiger partial charge in [0.2, 0.25) is 0 Å². The lowest BCUT2D eigenvalue weighted by Crippen LogP contribution is -2.27. The molecule has 0 aliphatic carbocycles. The Hall–Kier alpha value is -2.14. The Balaban J connectivity index is 1.75. The molecule has 1 fully saturated rings. The molecule has 1 saturated heterocycles. The molecule has 1 N–H and O–H groups in total. The van der Waals surface area contributed by atoms with Crippen LogP contribution >= 0.6 is 0 Å². The van der Waals surface area contributed by atoms with Crippen molar-refractivity contribution in [2.24, 2.45) is 0 Å². The van der Waals surface area contributed by atoms with Gasteiger partial charge in [-0.1, -0.05) is 0 Å². The molecule has 0 amide bonds. The summed E-state index contributed by atoms with van der Waals surface area (Å²) in [5, 5.41) is 3.40. The average Bonchev–Trinajstić information content (AvgIpc) is 2.78. The minimum atomic E-state index is 0.726. The molecule has 1 aliphatic rings. The van der Waals surface area contributed by atoms with E-state index in [1.165, 1.54) is 0 Å². The van der Waals surface area contributed by atoms with Crippen LogP contribution in [0.4, 0.5) is 5.69 Å². The van der Waals surface area contributed by atoms with Gasteiger partial charge in [0.05, 0.1) is 24.3 Å². The molecule has 20 heavy (non-hydrogen) atoms. The molecule has 0 aromatic carbocycles. The largest absolute Gasteiger partial charge is 0.454 e. The number of ether oxygens (including phenoxy) is 1. The lowest BCUT2D eigenvalue weighted by atomic mass is 10.3. The summed E-state index contributed by atoms with van der Waals surface area (Å²) in [6.07, 6.45) is 8.19. The minimum Gasteiger partial charge on any atom is -0.454 e. The first kappa shape index (κ1) is 12.9. The van der Waals surface area contributed by atoms with Gasteiger partial charge in [-0.3, -0.25) is 9.97 Å². The molecule has 0 atom stereocenters. The van der Waals surface area contributed by atoms with Crippen LogP contribution in [0.5, 0.6) is 11.5 Å². The first-order valence-electron chi connectivity index (χ1n) is 6.90. The fourth-order valence-corrected chi connectivity index (χ4v) is 2.28. The molecule has 0 radical (unpaired) electrons. The summed E-state index contributed by atoms with van der Waals surface area (Å²) < 4.78 is 5.77. The fraction of sp³-hybridized carbons (Fsp3) is 0.333. The van der Waals surface area contributed by atoms with Crippen molar-refractivity contribution in [1.82, 2.24) is 15.3 Å². The van der Waals surface area contributed by atoms with Crippen molar-refractivity contribution >= 4 is 5.69 Å². The highest BCUT2D eigenvalue weighted by Gasteiger charge is 2.10. The minimum absolute atomic E-state index is 0.726. The van der Waals surface area contributed by atoms with Crippen LogP contribution in [0.1, 0.15) is 6.42 Å². The molecule has 1 aliphatic heterocycles. The summed E-state index contributed by atoms with van der Waals surface area (Å²) >= 11 is 0. The van der Waals surface area contributed by atoms with E-state index in [9.17, 15) is 0 Å². The Labute approximate surface area is 118 Å². The van der Waals surface area contributed by atoms with E-state index < -0.39 is 0 Å². The first-order chi connectivity index (χ1) is 9.92. The highest BCUT2D eigenvalue weighted by molar-refractivity contribution is 5.49. The Bertz CT molecular complexity index is 539. The average molecular weight is 270 g/mol. The first-order valence-corrected chi connectivity index (χ1v) is 6.90. The molecule has 3 heterocycles. The van der Waals surface area contributed by atoms with Gasteiger partial charge in [-0.15, -0.1) is 0 Å². The third kappa shape index (κ3) is 3.24. The summed E-state index contributed by atoms with van der Waals surface area (Å²) in [7, 11) is 0. The van der Waals surface area contributed by atoms with Crippen LogP contribution in [0.2, 0.25) is 0 Å². The van der Waals surface area contributed by atoms with Crippen molar-refractivity contribution in [1.29, 1.82) is 0 Å². The van der Waals surface area contributed by atoms with Gasteiger partial charge in [0.15, 0.2) is 0 Å². The van der Waals surface area contributed by atoms with Gasteiger partial charge in [0.25, 0.3) is 0 Å². The van der Waals surface area contributed by atoms with Crippen LogP contribution in [-0.2, 0) is 0 Å². The summed E-state index contributed by atoms with van der Waals surface area (Å²) in [6, 6.07) is 5.77. The number of nitrogens with one attached hydrogen (secondary N) is 1. The molecule has 2 aromatic heterocycles. The van der Waals surface area contributed by atoms with Crippen molar-refractivity contribution in [3.05, 3.63) is 43.0 Å². The SMILES string of the molecule is c1cncc(Oc2cncc(N3CCCNCC3)c2)c1. The van der Waals surface area contributed by atoms with Crippen LogP contribution in [0.15, 0.2) is 43.0 Å². The van der Waals surface area contributed by atoms with Gasteiger partial charge >= 0.3 is 0 Å². The lowest BCUT2D eigenvalue weighted by molar-refractivity contribution is 0.478. The molecule has 5 heteroatoms. The van der Waals surface area contributed by atoms with Crippen molar-refractivity contribution in [3.8, 4) is 11.5 Å². The van der Waals surface area contributed by atoms with E-state index in [0.717, 1.165) is 49.8 Å². The van der Waals surface area contributed by atoms with E-state index in [-0.39, 0.29) is 0 Å². The monoisotopic (exact) mass is 270 g/mol. The predicted molar refractivity (Wildman–Crippen MR) is 78.2 cm³/mol. The van der Waals surface area contributed by atoms with Crippen LogP contribution in [-0.4, -0.2) is 36.1 Å². The molecular formula is C15H18N4O. The van der Waals surface area contributed by atoms with Crippen molar-refractivity contribution in [3.63, 3.8) is 0 Å². The number of rotatable bonds is 3. The van der Waals surface area contributed by atoms with Crippen LogP contribution in [0, 0.1) is 0 Å². The van der Waals surface area contributed by atoms with E-state index in [1.54, 1.807) is 18.6 Å². The Morgan fingerprint density at radius 1 is 1.05 bits per heavy atom. The number of pyridine rings is 2. The van der Waals surface area contributed by atoms with E-state index in [4.69, 9.17) is 4.74 Å². The third-order valence-electron chi connectivity index (χ3n) is 3.27. The summed E-state index contributed by atoms with van der Waals surface area (Å²) in [6.45, 7) is 4.13. The Kier molecular flexibility index (Phi) is 4.08. The third-order valence-corrected chi connectivity index (χ3v) is 3.27. The van der Waals surface area contributed by atoms with E-state index in [2.05, 4.69) is 20.2 Å². The van der Waals surface area contributed by atoms with E-state index >= 15 is 0 Å². The molecule has 0 saturated carbocycles. The second kappa shape index (κ2) is 6.34. The van der Waals surface area contributed by atoms with Gasteiger partial charge in [0.1, 0.15) is 11.5 Å². The molecule has 0 bridgehead atoms. The van der Waals surface area contributed by atoms with Crippen molar-refractivity contribution < 1.29 is 4.74 Å². The zero-order valence-corrected chi connectivity index (χ0v) is 11.3. The van der Waals surface area contributed by atoms with Crippen molar-refractivity contribution in [2.45, 2.75) is 6.42 Å². The van der Waals surface area contributed by atoms with Crippen LogP contribution in [0.3, 0.4) is 0 Å². The molecule has 2 aromatic rings. The number of hydrogen-bond donors (Lipinski definition) is 1. The van der Waals surface area contributed by atoms with Crippen molar-refractivity contribution in [2.75, 3.05) is 31.1 Å². The predicted octanol–water partition coefficient (Wildman–Crippen LogP) is 2.07. The Morgan fingerprint density at radius 2 is 2.00 bits per heavy atom. The second-order valence-electron chi connectivity index (χ2n) is 4.76. The maximum Gasteiger partial charge on any atom is 0.147 e. The highest BCUT2D eigenvalue weighted by Crippen LogP contribution is 2.24. The molecule has 0 spiro atoms. The topological polar surface area (TPSA) is 50.3 Å². The second-order valence-corrected chi connectivity index (χ2v) is 4.76. The van der Waals surface area contributed by atoms with Crippen LogP contribution < -0.4 is 15.0 Å². The van der Waals surface area contributed by atoms with E-state index in [0.29, 0.717) is 0 Å². The maximum atomic E-state index is 5.77. The molecule has 104 valence electrons. The normalized spacial score (nSPS) is 15.7. The fourth-order valence-electron chi connectivity index (χ4n) is 2.28. The standard InChI is InChI=1S/C15H18N4O/c1-3-14(11-17-4-1)20-15-9-13(10-18-12-15)19-7-2-5-16-6-8-19/h1,3-4,9-12,16H,2,5-8H2. The zero-order chi connectivity index (χ0) is 13.6. The van der Waals surface area contributed by atoms with E-state index in [1.807, 2.05) is 24.4 Å². The van der Waals surface area contributed by atoms with Gasteiger partial charge in [-0.25, -0.2) is 0 Å². The molecule has 5 nitrogen and oxygen atoms in total. The summed E-state index contributed by atoms with van der Waals surface area (Å²) in [4.78, 5) is 10.7. The summed E-state index contributed by atoms with van der Waals surface area (Å²) in [5.41, 5.74) is 1.11. The Morgan fingerprint density at radius 3 is 2.90 bits per heavy atom. The number of hydrogen-bond acceptors (Lipinski definition) is 5. The van der Waals surface area contributed by atoms with Gasteiger partial charge in [-0.2, -0.15) is 0 Å². The lowest BCUT2D eigenvalue weighted by Gasteiger charge is -2.22. The van der Waals surface area contributed by atoms with Gasteiger partial charge < -0.3 is 15.0 Å². The number of nitrogens with zero attached hydrogens (tertiary/aromatic N) is 3. The smallest absolute Gasteiger partial charge is 0.147 e. The molecular weight excluding hydrogens is 252 g/mol. The zero-order valence-electron chi connectivity index (χ0n) is 11.3. The van der Waals surface area contributed by atoms with Gasteiger partial charge in [-0.05, 0) is 25.1 Å². The molecule has 0 unspecified atom stereocenters.